The number of benzene rings is 1. The van der Waals surface area contributed by atoms with Crippen molar-refractivity contribution in [2.45, 2.75) is 20.3 Å². The lowest BCUT2D eigenvalue weighted by atomic mass is 10.1. The number of halogens is 1. The standard InChI is InChI=1S/C15H21NO3.ClH/c1-3-16(4-2)8-7-13(17)12-5-6-14-15(11-12)19-10-9-18-14;/h5-6,11H,3-4,7-10H2,1-2H3;1H. The van der Waals surface area contributed by atoms with Gasteiger partial charge in [-0.3, -0.25) is 4.79 Å². The van der Waals surface area contributed by atoms with Gasteiger partial charge in [-0.05, 0) is 31.3 Å². The maximum absolute atomic E-state index is 12.1. The highest BCUT2D eigenvalue weighted by Crippen LogP contribution is 2.31. The Labute approximate surface area is 126 Å². The van der Waals surface area contributed by atoms with Gasteiger partial charge in [-0.1, -0.05) is 13.8 Å². The van der Waals surface area contributed by atoms with Crippen molar-refractivity contribution in [1.29, 1.82) is 0 Å². The first-order chi connectivity index (χ1) is 9.24. The zero-order valence-corrected chi connectivity index (χ0v) is 12.9. The molecule has 0 atom stereocenters. The molecule has 1 aliphatic rings. The number of Topliss-reactive ketones (excluding diaryl/α,β-unsaturated/α-hetero) is 1. The molecule has 20 heavy (non-hydrogen) atoms. The molecule has 1 aromatic rings. The van der Waals surface area contributed by atoms with Gasteiger partial charge >= 0.3 is 0 Å². The van der Waals surface area contributed by atoms with E-state index in [-0.39, 0.29) is 18.2 Å². The van der Waals surface area contributed by atoms with Crippen LogP contribution in [-0.4, -0.2) is 43.5 Å². The van der Waals surface area contributed by atoms with Crippen LogP contribution in [0, 0.1) is 0 Å². The van der Waals surface area contributed by atoms with E-state index in [4.69, 9.17) is 9.47 Å². The molecule has 1 aromatic carbocycles. The van der Waals surface area contributed by atoms with Crippen molar-refractivity contribution in [2.24, 2.45) is 0 Å². The Morgan fingerprint density at radius 1 is 1.15 bits per heavy atom. The second-order valence-electron chi connectivity index (χ2n) is 4.56. The molecule has 0 aliphatic carbocycles. The van der Waals surface area contributed by atoms with Crippen LogP contribution in [0.2, 0.25) is 0 Å². The van der Waals surface area contributed by atoms with Crippen LogP contribution < -0.4 is 9.47 Å². The fourth-order valence-corrected chi connectivity index (χ4v) is 2.16. The van der Waals surface area contributed by atoms with E-state index in [1.54, 1.807) is 6.07 Å². The second-order valence-corrected chi connectivity index (χ2v) is 4.56. The third-order valence-electron chi connectivity index (χ3n) is 3.41. The smallest absolute Gasteiger partial charge is 0.164 e. The Balaban J connectivity index is 0.00000200. The van der Waals surface area contributed by atoms with E-state index in [1.165, 1.54) is 0 Å². The first kappa shape index (κ1) is 16.8. The van der Waals surface area contributed by atoms with Crippen molar-refractivity contribution in [1.82, 2.24) is 4.90 Å². The summed E-state index contributed by atoms with van der Waals surface area (Å²) in [6.45, 7) is 8.10. The van der Waals surface area contributed by atoms with Crippen LogP contribution >= 0.6 is 12.4 Å². The molecule has 0 spiro atoms. The number of fused-ring (bicyclic) bond motifs is 1. The molecule has 1 heterocycles. The van der Waals surface area contributed by atoms with E-state index in [1.807, 2.05) is 12.1 Å². The van der Waals surface area contributed by atoms with E-state index in [2.05, 4.69) is 18.7 Å². The van der Waals surface area contributed by atoms with Gasteiger partial charge in [0.2, 0.25) is 0 Å². The minimum absolute atomic E-state index is 0. The zero-order chi connectivity index (χ0) is 13.7. The van der Waals surface area contributed by atoms with Crippen molar-refractivity contribution in [3.8, 4) is 11.5 Å². The molecule has 0 N–H and O–H groups in total. The highest BCUT2D eigenvalue weighted by Gasteiger charge is 2.15. The predicted molar refractivity (Wildman–Crippen MR) is 81.4 cm³/mol. The molecular weight excluding hydrogens is 278 g/mol. The summed E-state index contributed by atoms with van der Waals surface area (Å²) in [6, 6.07) is 5.43. The molecule has 0 saturated heterocycles. The second kappa shape index (κ2) is 8.12. The van der Waals surface area contributed by atoms with Gasteiger partial charge in [0.15, 0.2) is 17.3 Å². The third-order valence-corrected chi connectivity index (χ3v) is 3.41. The summed E-state index contributed by atoms with van der Waals surface area (Å²) in [4.78, 5) is 14.4. The fourth-order valence-electron chi connectivity index (χ4n) is 2.16. The number of hydrogen-bond acceptors (Lipinski definition) is 4. The van der Waals surface area contributed by atoms with Crippen LogP contribution in [0.3, 0.4) is 0 Å². The van der Waals surface area contributed by atoms with Crippen LogP contribution in [0.4, 0.5) is 0 Å². The molecule has 2 rings (SSSR count). The van der Waals surface area contributed by atoms with Crippen molar-refractivity contribution in [3.05, 3.63) is 23.8 Å². The summed E-state index contributed by atoms with van der Waals surface area (Å²) in [5.74, 6) is 1.57. The van der Waals surface area contributed by atoms with Gasteiger partial charge in [0.25, 0.3) is 0 Å². The Kier molecular flexibility index (Phi) is 6.82. The Hall–Kier alpha value is -1.26. The minimum atomic E-state index is 0. The van der Waals surface area contributed by atoms with Gasteiger partial charge in [0.05, 0.1) is 0 Å². The molecule has 0 saturated carbocycles. The Morgan fingerprint density at radius 2 is 1.80 bits per heavy atom. The van der Waals surface area contributed by atoms with E-state index in [0.29, 0.717) is 30.9 Å². The zero-order valence-electron chi connectivity index (χ0n) is 12.1. The number of carbonyl (C=O) groups is 1. The quantitative estimate of drug-likeness (QED) is 0.757. The third kappa shape index (κ3) is 4.12. The molecule has 0 aromatic heterocycles. The summed E-state index contributed by atoms with van der Waals surface area (Å²) in [7, 11) is 0. The number of rotatable bonds is 6. The molecule has 4 nitrogen and oxygen atoms in total. The summed E-state index contributed by atoms with van der Waals surface area (Å²) in [5.41, 5.74) is 0.705. The van der Waals surface area contributed by atoms with E-state index < -0.39 is 0 Å². The minimum Gasteiger partial charge on any atom is -0.486 e. The number of carbonyl (C=O) groups excluding carboxylic acids is 1. The summed E-state index contributed by atoms with van der Waals surface area (Å²) < 4.78 is 10.9. The molecule has 0 unspecified atom stereocenters. The average Bonchev–Trinajstić information content (AvgIpc) is 2.47. The van der Waals surface area contributed by atoms with Crippen molar-refractivity contribution < 1.29 is 14.3 Å². The van der Waals surface area contributed by atoms with Crippen LogP contribution in [0.25, 0.3) is 0 Å². The normalized spacial score (nSPS) is 12.9. The summed E-state index contributed by atoms with van der Waals surface area (Å²) in [5, 5.41) is 0. The monoisotopic (exact) mass is 299 g/mol. The fraction of sp³-hybridized carbons (Fsp3) is 0.533. The van der Waals surface area contributed by atoms with Crippen molar-refractivity contribution in [3.63, 3.8) is 0 Å². The van der Waals surface area contributed by atoms with Crippen molar-refractivity contribution in [2.75, 3.05) is 32.8 Å². The molecule has 0 radical (unpaired) electrons. The molecule has 0 amide bonds. The molecule has 112 valence electrons. The van der Waals surface area contributed by atoms with E-state index >= 15 is 0 Å². The molecule has 0 fully saturated rings. The maximum atomic E-state index is 12.1. The summed E-state index contributed by atoms with van der Waals surface area (Å²) >= 11 is 0. The highest BCUT2D eigenvalue weighted by atomic mass is 35.5. The van der Waals surface area contributed by atoms with Crippen LogP contribution in [0.1, 0.15) is 30.6 Å². The Bertz CT molecular complexity index is 447. The lowest BCUT2D eigenvalue weighted by molar-refractivity contribution is 0.0965. The topological polar surface area (TPSA) is 38.8 Å². The first-order valence-electron chi connectivity index (χ1n) is 6.89. The predicted octanol–water partition coefficient (Wildman–Crippen LogP) is 2.79. The van der Waals surface area contributed by atoms with Gasteiger partial charge in [0, 0.05) is 18.5 Å². The van der Waals surface area contributed by atoms with Crippen LogP contribution in [0.15, 0.2) is 18.2 Å². The Morgan fingerprint density at radius 3 is 2.45 bits per heavy atom. The van der Waals surface area contributed by atoms with Gasteiger partial charge in [-0.15, -0.1) is 12.4 Å². The van der Waals surface area contributed by atoms with E-state index in [9.17, 15) is 4.79 Å². The number of hydrogen-bond donors (Lipinski definition) is 0. The molecule has 0 bridgehead atoms. The average molecular weight is 300 g/mol. The van der Waals surface area contributed by atoms with Gasteiger partial charge < -0.3 is 14.4 Å². The number of nitrogens with zero attached hydrogens (tertiary/aromatic N) is 1. The van der Waals surface area contributed by atoms with Crippen LogP contribution in [-0.2, 0) is 0 Å². The summed E-state index contributed by atoms with van der Waals surface area (Å²) in [6.07, 6.45) is 0.543. The molecular formula is C15H22ClNO3. The van der Waals surface area contributed by atoms with E-state index in [0.717, 1.165) is 25.4 Å². The van der Waals surface area contributed by atoms with Gasteiger partial charge in [-0.25, -0.2) is 0 Å². The first-order valence-corrected chi connectivity index (χ1v) is 6.89. The molecule has 1 aliphatic heterocycles. The SMILES string of the molecule is CCN(CC)CCC(=O)c1ccc2c(c1)OCCO2.Cl. The molecule has 5 heteroatoms. The largest absolute Gasteiger partial charge is 0.486 e. The number of ether oxygens (including phenoxy) is 2. The van der Waals surface area contributed by atoms with Gasteiger partial charge in [-0.2, -0.15) is 0 Å². The number of ketones is 1. The van der Waals surface area contributed by atoms with Crippen LogP contribution in [0.5, 0.6) is 11.5 Å². The lowest BCUT2D eigenvalue weighted by Gasteiger charge is -2.19. The van der Waals surface area contributed by atoms with Gasteiger partial charge in [0.1, 0.15) is 13.2 Å². The van der Waals surface area contributed by atoms with Crippen molar-refractivity contribution >= 4 is 18.2 Å². The highest BCUT2D eigenvalue weighted by molar-refractivity contribution is 5.96. The lowest BCUT2D eigenvalue weighted by Crippen LogP contribution is -2.25. The maximum Gasteiger partial charge on any atom is 0.164 e.